The van der Waals surface area contributed by atoms with Crippen LogP contribution in [0.1, 0.15) is 12.5 Å². The second kappa shape index (κ2) is 3.80. The molecule has 1 rings (SSSR count). The fourth-order valence-corrected chi connectivity index (χ4v) is 1.22. The first kappa shape index (κ1) is 11.4. The normalized spacial score (nSPS) is 11.4. The van der Waals surface area contributed by atoms with Gasteiger partial charge in [0.1, 0.15) is 5.69 Å². The van der Waals surface area contributed by atoms with Gasteiger partial charge in [-0.3, -0.25) is 10.1 Å². The SMILES string of the molecule is CC(F)(F)Cc1ccc(N)c([N+](=O)[O-])c1. The van der Waals surface area contributed by atoms with Crippen molar-refractivity contribution >= 4 is 11.4 Å². The lowest BCUT2D eigenvalue weighted by Crippen LogP contribution is -2.13. The van der Waals surface area contributed by atoms with Crippen LogP contribution in [0.2, 0.25) is 0 Å². The van der Waals surface area contributed by atoms with Gasteiger partial charge in [0.15, 0.2) is 0 Å². The molecule has 0 aliphatic heterocycles. The van der Waals surface area contributed by atoms with Crippen LogP contribution in [0.15, 0.2) is 18.2 Å². The largest absolute Gasteiger partial charge is 0.393 e. The number of hydrogen-bond acceptors (Lipinski definition) is 3. The molecule has 2 N–H and O–H groups in total. The van der Waals surface area contributed by atoms with Crippen LogP contribution >= 0.6 is 0 Å². The zero-order valence-corrected chi connectivity index (χ0v) is 8.04. The number of halogens is 2. The zero-order valence-electron chi connectivity index (χ0n) is 8.04. The van der Waals surface area contributed by atoms with Crippen LogP contribution in [0.3, 0.4) is 0 Å². The number of nitrogens with zero attached hydrogens (tertiary/aromatic N) is 1. The van der Waals surface area contributed by atoms with Gasteiger partial charge in [0.25, 0.3) is 5.69 Å². The minimum absolute atomic E-state index is 0.0248. The highest BCUT2D eigenvalue weighted by atomic mass is 19.3. The van der Waals surface area contributed by atoms with Crippen molar-refractivity contribution in [3.63, 3.8) is 0 Å². The number of nitro benzene ring substituents is 1. The first-order chi connectivity index (χ1) is 6.79. The Balaban J connectivity index is 3.03. The molecule has 0 aromatic heterocycles. The molecule has 0 unspecified atom stereocenters. The summed E-state index contributed by atoms with van der Waals surface area (Å²) in [4.78, 5) is 9.79. The molecular formula is C9H10F2N2O2. The van der Waals surface area contributed by atoms with Gasteiger partial charge in [-0.25, -0.2) is 8.78 Å². The van der Waals surface area contributed by atoms with Gasteiger partial charge in [0.05, 0.1) is 4.92 Å². The summed E-state index contributed by atoms with van der Waals surface area (Å²) in [6.07, 6.45) is -0.534. The van der Waals surface area contributed by atoms with E-state index in [1.54, 1.807) is 0 Å². The van der Waals surface area contributed by atoms with Crippen molar-refractivity contribution in [3.8, 4) is 0 Å². The Labute approximate surface area is 84.9 Å². The highest BCUT2D eigenvalue weighted by molar-refractivity contribution is 5.59. The van der Waals surface area contributed by atoms with Gasteiger partial charge in [-0.05, 0) is 18.6 Å². The standard InChI is InChI=1S/C9H10F2N2O2/c1-9(10,11)5-6-2-3-7(12)8(4-6)13(14)15/h2-4H,5,12H2,1H3. The van der Waals surface area contributed by atoms with Crippen molar-refractivity contribution in [2.75, 3.05) is 5.73 Å². The average molecular weight is 216 g/mol. The number of alkyl halides is 2. The maximum atomic E-state index is 12.6. The Morgan fingerprint density at radius 1 is 1.53 bits per heavy atom. The topological polar surface area (TPSA) is 69.2 Å². The number of nitrogens with two attached hydrogens (primary N) is 1. The van der Waals surface area contributed by atoms with Crippen LogP contribution < -0.4 is 5.73 Å². The highest BCUT2D eigenvalue weighted by Crippen LogP contribution is 2.26. The van der Waals surface area contributed by atoms with Gasteiger partial charge < -0.3 is 5.73 Å². The van der Waals surface area contributed by atoms with Crippen molar-refractivity contribution in [2.24, 2.45) is 0 Å². The van der Waals surface area contributed by atoms with Crippen LogP contribution in [0.25, 0.3) is 0 Å². The van der Waals surface area contributed by atoms with E-state index in [0.717, 1.165) is 13.0 Å². The lowest BCUT2D eigenvalue weighted by molar-refractivity contribution is -0.384. The van der Waals surface area contributed by atoms with E-state index in [1.807, 2.05) is 0 Å². The monoisotopic (exact) mass is 216 g/mol. The fourth-order valence-electron chi connectivity index (χ4n) is 1.22. The summed E-state index contributed by atoms with van der Waals surface area (Å²) in [5.41, 5.74) is 5.16. The molecule has 0 atom stereocenters. The van der Waals surface area contributed by atoms with Crippen LogP contribution in [0, 0.1) is 10.1 Å². The molecule has 0 radical (unpaired) electrons. The Hall–Kier alpha value is -1.72. The molecule has 0 aliphatic carbocycles. The van der Waals surface area contributed by atoms with Gasteiger partial charge >= 0.3 is 0 Å². The van der Waals surface area contributed by atoms with Crippen LogP contribution in [0.5, 0.6) is 0 Å². The molecule has 0 saturated heterocycles. The number of nitro groups is 1. The van der Waals surface area contributed by atoms with Crippen LogP contribution in [-0.2, 0) is 6.42 Å². The Bertz CT molecular complexity index is 388. The zero-order chi connectivity index (χ0) is 11.6. The van der Waals surface area contributed by atoms with Crippen molar-refractivity contribution in [3.05, 3.63) is 33.9 Å². The summed E-state index contributed by atoms with van der Waals surface area (Å²) in [7, 11) is 0. The summed E-state index contributed by atoms with van der Waals surface area (Å²) in [6, 6.07) is 3.70. The van der Waals surface area contributed by atoms with Crippen LogP contribution in [0.4, 0.5) is 20.2 Å². The van der Waals surface area contributed by atoms with Gasteiger partial charge in [0.2, 0.25) is 5.92 Å². The molecule has 0 spiro atoms. The molecule has 6 heteroatoms. The predicted molar refractivity (Wildman–Crippen MR) is 51.8 cm³/mol. The third kappa shape index (κ3) is 3.16. The maximum Gasteiger partial charge on any atom is 0.292 e. The minimum atomic E-state index is -2.88. The van der Waals surface area contributed by atoms with E-state index >= 15 is 0 Å². The quantitative estimate of drug-likeness (QED) is 0.479. The summed E-state index contributed by atoms with van der Waals surface area (Å²) in [6.45, 7) is 0.759. The number of hydrogen-bond donors (Lipinski definition) is 1. The van der Waals surface area contributed by atoms with Crippen LogP contribution in [-0.4, -0.2) is 10.8 Å². The average Bonchev–Trinajstić information content (AvgIpc) is 2.05. The Morgan fingerprint density at radius 2 is 2.13 bits per heavy atom. The molecule has 4 nitrogen and oxygen atoms in total. The van der Waals surface area contributed by atoms with E-state index in [1.165, 1.54) is 12.1 Å². The van der Waals surface area contributed by atoms with E-state index in [9.17, 15) is 18.9 Å². The van der Waals surface area contributed by atoms with Gasteiger partial charge in [-0.2, -0.15) is 0 Å². The summed E-state index contributed by atoms with van der Waals surface area (Å²) >= 11 is 0. The Kier molecular flexibility index (Phi) is 2.88. The number of anilines is 1. The van der Waals surface area contributed by atoms with Crippen molar-refractivity contribution in [1.82, 2.24) is 0 Å². The summed E-state index contributed by atoms with van der Waals surface area (Å²) < 4.78 is 25.3. The highest BCUT2D eigenvalue weighted by Gasteiger charge is 2.23. The minimum Gasteiger partial charge on any atom is -0.393 e. The molecule has 0 aliphatic rings. The van der Waals surface area contributed by atoms with Crippen molar-refractivity contribution < 1.29 is 13.7 Å². The number of rotatable bonds is 3. The first-order valence-corrected chi connectivity index (χ1v) is 4.20. The molecule has 82 valence electrons. The maximum absolute atomic E-state index is 12.6. The van der Waals surface area contributed by atoms with E-state index in [0.29, 0.717) is 0 Å². The third-order valence-electron chi connectivity index (χ3n) is 1.81. The first-order valence-electron chi connectivity index (χ1n) is 4.20. The van der Waals surface area contributed by atoms with Gasteiger partial charge in [0, 0.05) is 12.5 Å². The lowest BCUT2D eigenvalue weighted by Gasteiger charge is -2.09. The second-order valence-electron chi connectivity index (χ2n) is 3.40. The molecule has 0 bridgehead atoms. The molecule has 0 heterocycles. The van der Waals surface area contributed by atoms with E-state index in [2.05, 4.69) is 0 Å². The van der Waals surface area contributed by atoms with E-state index in [4.69, 9.17) is 5.73 Å². The molecule has 1 aromatic carbocycles. The fraction of sp³-hybridized carbons (Fsp3) is 0.333. The molecule has 0 amide bonds. The van der Waals surface area contributed by atoms with E-state index < -0.39 is 17.3 Å². The van der Waals surface area contributed by atoms with E-state index in [-0.39, 0.29) is 16.9 Å². The molecule has 0 saturated carbocycles. The van der Waals surface area contributed by atoms with Crippen molar-refractivity contribution in [2.45, 2.75) is 19.3 Å². The number of benzene rings is 1. The number of nitrogen functional groups attached to an aromatic ring is 1. The van der Waals surface area contributed by atoms with Gasteiger partial charge in [-0.1, -0.05) is 6.07 Å². The Morgan fingerprint density at radius 3 is 2.60 bits per heavy atom. The molecule has 0 fully saturated rings. The second-order valence-corrected chi connectivity index (χ2v) is 3.40. The third-order valence-corrected chi connectivity index (χ3v) is 1.81. The smallest absolute Gasteiger partial charge is 0.292 e. The summed E-state index contributed by atoms with van der Waals surface area (Å²) in [5.74, 6) is -2.88. The predicted octanol–water partition coefficient (Wildman–Crippen LogP) is 2.37. The molecule has 15 heavy (non-hydrogen) atoms. The molecular weight excluding hydrogens is 206 g/mol. The summed E-state index contributed by atoms with van der Waals surface area (Å²) in [5, 5.41) is 10.5. The molecule has 1 aromatic rings. The lowest BCUT2D eigenvalue weighted by atomic mass is 10.1. The van der Waals surface area contributed by atoms with Crippen molar-refractivity contribution in [1.29, 1.82) is 0 Å². The van der Waals surface area contributed by atoms with Gasteiger partial charge in [-0.15, -0.1) is 0 Å².